The molecule has 1 aliphatic heterocycles. The second kappa shape index (κ2) is 4.03. The van der Waals surface area contributed by atoms with Gasteiger partial charge in [0.1, 0.15) is 0 Å². The van der Waals surface area contributed by atoms with Crippen LogP contribution in [0, 0.1) is 6.92 Å². The van der Waals surface area contributed by atoms with E-state index in [4.69, 9.17) is 4.74 Å². The Hall–Kier alpha value is -1.13. The molecule has 0 saturated carbocycles. The molecule has 1 unspecified atom stereocenters. The number of nitrogens with zero attached hydrogens (tertiary/aromatic N) is 1. The number of ether oxygens (including phenoxy) is 1. The Morgan fingerprint density at radius 2 is 2.44 bits per heavy atom. The molecule has 1 aromatic carbocycles. The van der Waals surface area contributed by atoms with Crippen molar-refractivity contribution in [1.29, 1.82) is 0 Å². The third-order valence-corrected chi connectivity index (χ3v) is 3.77. The number of rotatable bonds is 2. The van der Waals surface area contributed by atoms with E-state index in [1.165, 1.54) is 10.3 Å². The van der Waals surface area contributed by atoms with Gasteiger partial charge < -0.3 is 10.1 Å². The van der Waals surface area contributed by atoms with Crippen LogP contribution in [0.2, 0.25) is 0 Å². The molecule has 2 heterocycles. The number of benzene rings is 1. The first-order chi connectivity index (χ1) is 7.81. The number of hydrogen-bond acceptors (Lipinski definition) is 4. The van der Waals surface area contributed by atoms with Crippen LogP contribution in [0.4, 0.5) is 5.13 Å². The van der Waals surface area contributed by atoms with Crippen molar-refractivity contribution in [3.8, 4) is 0 Å². The summed E-state index contributed by atoms with van der Waals surface area (Å²) in [6.45, 7) is 3.76. The number of hydrogen-bond donors (Lipinski definition) is 1. The molecule has 2 aromatic rings. The molecular weight excluding hydrogens is 220 g/mol. The van der Waals surface area contributed by atoms with Crippen molar-refractivity contribution in [2.24, 2.45) is 0 Å². The Labute approximate surface area is 98.5 Å². The minimum absolute atomic E-state index is 0.432. The summed E-state index contributed by atoms with van der Waals surface area (Å²) in [5.74, 6) is 0. The average Bonchev–Trinajstić information content (AvgIpc) is 2.86. The van der Waals surface area contributed by atoms with Crippen molar-refractivity contribution >= 4 is 26.7 Å². The van der Waals surface area contributed by atoms with Crippen molar-refractivity contribution < 1.29 is 4.74 Å². The molecule has 1 aromatic heterocycles. The third kappa shape index (κ3) is 1.90. The fourth-order valence-corrected chi connectivity index (χ4v) is 2.85. The van der Waals surface area contributed by atoms with Crippen LogP contribution in [0.3, 0.4) is 0 Å². The summed E-state index contributed by atoms with van der Waals surface area (Å²) in [4.78, 5) is 4.59. The number of aromatic nitrogens is 1. The lowest BCUT2D eigenvalue weighted by atomic mass is 10.2. The van der Waals surface area contributed by atoms with Gasteiger partial charge in [-0.25, -0.2) is 4.98 Å². The van der Waals surface area contributed by atoms with Gasteiger partial charge in [0.25, 0.3) is 0 Å². The van der Waals surface area contributed by atoms with Gasteiger partial charge in [-0.2, -0.15) is 0 Å². The Morgan fingerprint density at radius 1 is 1.50 bits per heavy atom. The van der Waals surface area contributed by atoms with Crippen LogP contribution in [-0.2, 0) is 4.74 Å². The van der Waals surface area contributed by atoms with E-state index in [0.29, 0.717) is 6.04 Å². The lowest BCUT2D eigenvalue weighted by Crippen LogP contribution is -2.18. The molecule has 1 aliphatic rings. The topological polar surface area (TPSA) is 34.1 Å². The highest BCUT2D eigenvalue weighted by Gasteiger charge is 2.16. The average molecular weight is 234 g/mol. The summed E-state index contributed by atoms with van der Waals surface area (Å²) < 4.78 is 6.58. The van der Waals surface area contributed by atoms with Crippen molar-refractivity contribution in [1.82, 2.24) is 4.98 Å². The zero-order chi connectivity index (χ0) is 11.0. The lowest BCUT2D eigenvalue weighted by Gasteiger charge is -2.07. The number of aryl methyl sites for hydroxylation is 1. The Morgan fingerprint density at radius 3 is 3.25 bits per heavy atom. The second-order valence-corrected chi connectivity index (χ2v) is 5.23. The molecule has 0 amide bonds. The SMILES string of the molecule is Cc1ccc2sc(NC3CCOC3)nc2c1. The normalized spacial score (nSPS) is 20.4. The Balaban J connectivity index is 1.86. The molecule has 0 radical (unpaired) electrons. The molecule has 84 valence electrons. The van der Waals surface area contributed by atoms with Gasteiger partial charge in [-0.3, -0.25) is 0 Å². The molecule has 1 fully saturated rings. The summed E-state index contributed by atoms with van der Waals surface area (Å²) in [6.07, 6.45) is 1.08. The van der Waals surface area contributed by atoms with Crippen molar-refractivity contribution in [2.45, 2.75) is 19.4 Å². The van der Waals surface area contributed by atoms with E-state index in [-0.39, 0.29) is 0 Å². The monoisotopic (exact) mass is 234 g/mol. The maximum atomic E-state index is 5.34. The van der Waals surface area contributed by atoms with Gasteiger partial charge in [-0.15, -0.1) is 0 Å². The van der Waals surface area contributed by atoms with Crippen LogP contribution < -0.4 is 5.32 Å². The molecule has 1 N–H and O–H groups in total. The minimum Gasteiger partial charge on any atom is -0.379 e. The maximum Gasteiger partial charge on any atom is 0.184 e. The van der Waals surface area contributed by atoms with E-state index in [1.807, 2.05) is 0 Å². The molecule has 3 nitrogen and oxygen atoms in total. The first-order valence-corrected chi connectivity index (χ1v) is 6.34. The zero-order valence-electron chi connectivity index (χ0n) is 9.19. The molecule has 1 atom stereocenters. The molecule has 0 bridgehead atoms. The highest BCUT2D eigenvalue weighted by molar-refractivity contribution is 7.22. The first kappa shape index (κ1) is 10.1. The van der Waals surface area contributed by atoms with Gasteiger partial charge in [0.15, 0.2) is 5.13 Å². The van der Waals surface area contributed by atoms with Gasteiger partial charge in [0.2, 0.25) is 0 Å². The molecular formula is C12H14N2OS. The number of fused-ring (bicyclic) bond motifs is 1. The Kier molecular flexibility index (Phi) is 2.53. The van der Waals surface area contributed by atoms with Crippen LogP contribution in [0.5, 0.6) is 0 Å². The zero-order valence-corrected chi connectivity index (χ0v) is 10.0. The quantitative estimate of drug-likeness (QED) is 0.867. The largest absolute Gasteiger partial charge is 0.379 e. The van der Waals surface area contributed by atoms with E-state index >= 15 is 0 Å². The molecule has 3 rings (SSSR count). The summed E-state index contributed by atoms with van der Waals surface area (Å²) in [6, 6.07) is 6.82. The lowest BCUT2D eigenvalue weighted by molar-refractivity contribution is 0.195. The number of anilines is 1. The van der Waals surface area contributed by atoms with E-state index in [9.17, 15) is 0 Å². The van der Waals surface area contributed by atoms with E-state index in [2.05, 4.69) is 35.4 Å². The summed E-state index contributed by atoms with van der Waals surface area (Å²) in [5.41, 5.74) is 2.35. The van der Waals surface area contributed by atoms with Crippen molar-refractivity contribution in [3.05, 3.63) is 23.8 Å². The van der Waals surface area contributed by atoms with E-state index in [1.54, 1.807) is 11.3 Å². The second-order valence-electron chi connectivity index (χ2n) is 4.20. The molecule has 0 aliphatic carbocycles. The predicted octanol–water partition coefficient (Wildman–Crippen LogP) is 2.81. The van der Waals surface area contributed by atoms with Gasteiger partial charge in [0.05, 0.1) is 22.9 Å². The summed E-state index contributed by atoms with van der Waals surface area (Å²) in [5, 5.41) is 4.44. The van der Waals surface area contributed by atoms with Gasteiger partial charge >= 0.3 is 0 Å². The van der Waals surface area contributed by atoms with Gasteiger partial charge in [0, 0.05) is 6.61 Å². The van der Waals surface area contributed by atoms with E-state index < -0.39 is 0 Å². The predicted molar refractivity (Wildman–Crippen MR) is 67.2 cm³/mol. The summed E-state index contributed by atoms with van der Waals surface area (Å²) >= 11 is 1.72. The molecule has 0 spiro atoms. The Bertz CT molecular complexity index is 503. The van der Waals surface area contributed by atoms with Crippen LogP contribution in [0.1, 0.15) is 12.0 Å². The smallest absolute Gasteiger partial charge is 0.184 e. The highest BCUT2D eigenvalue weighted by Crippen LogP contribution is 2.27. The van der Waals surface area contributed by atoms with Crippen LogP contribution in [0.25, 0.3) is 10.2 Å². The summed E-state index contributed by atoms with van der Waals surface area (Å²) in [7, 11) is 0. The van der Waals surface area contributed by atoms with Crippen molar-refractivity contribution in [2.75, 3.05) is 18.5 Å². The fraction of sp³-hybridized carbons (Fsp3) is 0.417. The van der Waals surface area contributed by atoms with Gasteiger partial charge in [-0.1, -0.05) is 17.4 Å². The van der Waals surface area contributed by atoms with Gasteiger partial charge in [-0.05, 0) is 31.0 Å². The highest BCUT2D eigenvalue weighted by atomic mass is 32.1. The number of thiazole rings is 1. The standard InChI is InChI=1S/C12H14N2OS/c1-8-2-3-11-10(6-8)14-12(16-11)13-9-4-5-15-7-9/h2-3,6,9H,4-5,7H2,1H3,(H,13,14). The maximum absolute atomic E-state index is 5.34. The third-order valence-electron chi connectivity index (χ3n) is 2.80. The van der Waals surface area contributed by atoms with E-state index in [0.717, 1.165) is 30.3 Å². The van der Waals surface area contributed by atoms with Crippen molar-refractivity contribution in [3.63, 3.8) is 0 Å². The molecule has 1 saturated heterocycles. The minimum atomic E-state index is 0.432. The van der Waals surface area contributed by atoms with Crippen LogP contribution in [0.15, 0.2) is 18.2 Å². The molecule has 16 heavy (non-hydrogen) atoms. The number of nitrogens with one attached hydrogen (secondary N) is 1. The fourth-order valence-electron chi connectivity index (χ4n) is 1.92. The van der Waals surface area contributed by atoms with Crippen LogP contribution >= 0.6 is 11.3 Å². The molecule has 4 heteroatoms. The first-order valence-electron chi connectivity index (χ1n) is 5.53. The van der Waals surface area contributed by atoms with Crippen LogP contribution in [-0.4, -0.2) is 24.2 Å².